The van der Waals surface area contributed by atoms with Crippen LogP contribution in [0, 0.1) is 0 Å². The molecule has 0 radical (unpaired) electrons. The van der Waals surface area contributed by atoms with Gasteiger partial charge in [-0.05, 0) is 48.2 Å². The van der Waals surface area contributed by atoms with Crippen LogP contribution in [0.2, 0.25) is 0 Å². The van der Waals surface area contributed by atoms with E-state index in [0.29, 0.717) is 24.9 Å². The van der Waals surface area contributed by atoms with Gasteiger partial charge in [-0.2, -0.15) is 0 Å². The zero-order valence-electron chi connectivity index (χ0n) is 15.2. The van der Waals surface area contributed by atoms with Gasteiger partial charge in [0, 0.05) is 18.7 Å². The summed E-state index contributed by atoms with van der Waals surface area (Å²) < 4.78 is 5.26. The van der Waals surface area contributed by atoms with Crippen LogP contribution in [0.4, 0.5) is 0 Å². The number of nitrogens with zero attached hydrogens (tertiary/aromatic N) is 1. The Labute approximate surface area is 153 Å². The van der Waals surface area contributed by atoms with E-state index in [1.165, 1.54) is 0 Å². The first-order chi connectivity index (χ1) is 12.5. The van der Waals surface area contributed by atoms with E-state index < -0.39 is 11.7 Å². The van der Waals surface area contributed by atoms with Gasteiger partial charge in [-0.25, -0.2) is 0 Å². The number of amides is 1. The highest BCUT2D eigenvalue weighted by Gasteiger charge is 2.40. The highest BCUT2D eigenvalue weighted by atomic mass is 16.5. The van der Waals surface area contributed by atoms with Crippen molar-refractivity contribution in [3.05, 3.63) is 54.1 Å². The maximum Gasteiger partial charge on any atom is 0.253 e. The molecule has 2 aromatic rings. The molecule has 1 amide bonds. The quantitative estimate of drug-likeness (QED) is 0.885. The monoisotopic (exact) mass is 355 g/mol. The fourth-order valence-electron chi connectivity index (χ4n) is 3.38. The first-order valence-electron chi connectivity index (χ1n) is 8.91. The second-order valence-corrected chi connectivity index (χ2v) is 6.79. The molecule has 2 N–H and O–H groups in total. The fourth-order valence-corrected chi connectivity index (χ4v) is 3.38. The molecule has 1 heterocycles. The van der Waals surface area contributed by atoms with Gasteiger partial charge in [0.15, 0.2) is 0 Å². The molecule has 0 spiro atoms. The van der Waals surface area contributed by atoms with Gasteiger partial charge in [0.05, 0.1) is 12.7 Å². The van der Waals surface area contributed by atoms with Crippen molar-refractivity contribution >= 4 is 5.91 Å². The number of carbonyl (C=O) groups excluding carboxylic acids is 1. The average molecular weight is 355 g/mol. The lowest BCUT2D eigenvalue weighted by Gasteiger charge is -2.41. The van der Waals surface area contributed by atoms with Crippen molar-refractivity contribution in [2.75, 3.05) is 20.2 Å². The Morgan fingerprint density at radius 1 is 1.23 bits per heavy atom. The average Bonchev–Trinajstić information content (AvgIpc) is 2.69. The minimum absolute atomic E-state index is 0.132. The van der Waals surface area contributed by atoms with Crippen LogP contribution in [-0.4, -0.2) is 52.9 Å². The number of rotatable bonds is 4. The third kappa shape index (κ3) is 3.59. The molecule has 2 aromatic carbocycles. The molecule has 1 fully saturated rings. The number of hydrogen-bond donors (Lipinski definition) is 2. The summed E-state index contributed by atoms with van der Waals surface area (Å²) in [5.41, 5.74) is 1.37. The summed E-state index contributed by atoms with van der Waals surface area (Å²) in [6.07, 6.45) is -0.0696. The number of benzene rings is 2. The summed E-state index contributed by atoms with van der Waals surface area (Å²) in [6.45, 7) is 2.43. The Kier molecular flexibility index (Phi) is 5.30. The first kappa shape index (κ1) is 18.4. The van der Waals surface area contributed by atoms with Crippen molar-refractivity contribution in [1.82, 2.24) is 4.90 Å². The zero-order chi connectivity index (χ0) is 18.7. The van der Waals surface area contributed by atoms with E-state index in [4.69, 9.17) is 4.74 Å². The van der Waals surface area contributed by atoms with Gasteiger partial charge < -0.3 is 19.8 Å². The number of hydrogen-bond acceptors (Lipinski definition) is 4. The molecule has 1 aliphatic heterocycles. The van der Waals surface area contributed by atoms with Crippen LogP contribution in [0.5, 0.6) is 5.75 Å². The number of ether oxygens (including phenoxy) is 1. The summed E-state index contributed by atoms with van der Waals surface area (Å²) in [6, 6.07) is 15.1. The van der Waals surface area contributed by atoms with Gasteiger partial charge in [-0.15, -0.1) is 0 Å². The van der Waals surface area contributed by atoms with Crippen molar-refractivity contribution in [2.24, 2.45) is 0 Å². The molecule has 2 atom stereocenters. The van der Waals surface area contributed by atoms with Crippen LogP contribution < -0.4 is 4.74 Å². The van der Waals surface area contributed by atoms with Gasteiger partial charge in [-0.3, -0.25) is 4.79 Å². The lowest BCUT2D eigenvalue weighted by atomic mass is 9.86. The molecule has 26 heavy (non-hydrogen) atoms. The van der Waals surface area contributed by atoms with E-state index in [1.807, 2.05) is 49.4 Å². The van der Waals surface area contributed by atoms with Crippen LogP contribution in [0.15, 0.2) is 48.5 Å². The maximum atomic E-state index is 12.9. The number of β-amino-alcohol motifs (C(OH)–C–C–N with tert-alkyl or cyclic N) is 1. The number of carbonyl (C=O) groups is 1. The van der Waals surface area contributed by atoms with Crippen LogP contribution >= 0.6 is 0 Å². The molecule has 1 aliphatic rings. The Morgan fingerprint density at radius 3 is 2.58 bits per heavy atom. The predicted octanol–water partition coefficient (Wildman–Crippen LogP) is 2.71. The predicted molar refractivity (Wildman–Crippen MR) is 100 cm³/mol. The largest absolute Gasteiger partial charge is 0.497 e. The summed E-state index contributed by atoms with van der Waals surface area (Å²) in [5.74, 6) is 0.629. The highest BCUT2D eigenvalue weighted by molar-refractivity contribution is 5.95. The minimum atomic E-state index is -1.10. The standard InChI is InChI=1S/C21H25NO4/c1-3-21(25)10-11-22(14-19(21)23)20(24)17-8-4-6-15(12-17)16-7-5-9-18(13-16)26-2/h4-9,12-13,19,23,25H,3,10-11,14H2,1-2H3/t19-,21-/m1/s1. The number of likely N-dealkylation sites (tertiary alicyclic amines) is 1. The SMILES string of the molecule is CC[C@@]1(O)CCN(C(=O)c2cccc(-c3cccc(OC)c3)c2)C[C@H]1O. The van der Waals surface area contributed by atoms with E-state index in [0.717, 1.165) is 16.9 Å². The van der Waals surface area contributed by atoms with Crippen LogP contribution in [0.25, 0.3) is 11.1 Å². The van der Waals surface area contributed by atoms with E-state index >= 15 is 0 Å². The molecule has 138 valence electrons. The molecule has 5 heteroatoms. The Balaban J connectivity index is 1.81. The lowest BCUT2D eigenvalue weighted by molar-refractivity contribution is -0.114. The topological polar surface area (TPSA) is 70.0 Å². The smallest absolute Gasteiger partial charge is 0.253 e. The summed E-state index contributed by atoms with van der Waals surface area (Å²) in [5, 5.41) is 20.6. The molecule has 0 aromatic heterocycles. The van der Waals surface area contributed by atoms with Crippen molar-refractivity contribution in [3.63, 3.8) is 0 Å². The zero-order valence-corrected chi connectivity index (χ0v) is 15.2. The van der Waals surface area contributed by atoms with E-state index in [2.05, 4.69) is 0 Å². The van der Waals surface area contributed by atoms with Gasteiger partial charge in [0.2, 0.25) is 0 Å². The molecule has 0 saturated carbocycles. The number of aliphatic hydroxyl groups is 2. The van der Waals surface area contributed by atoms with E-state index in [-0.39, 0.29) is 12.5 Å². The second kappa shape index (κ2) is 7.48. The molecule has 5 nitrogen and oxygen atoms in total. The fraction of sp³-hybridized carbons (Fsp3) is 0.381. The molecule has 0 bridgehead atoms. The van der Waals surface area contributed by atoms with Gasteiger partial charge in [-0.1, -0.05) is 31.2 Å². The summed E-state index contributed by atoms with van der Waals surface area (Å²) in [4.78, 5) is 14.5. The first-order valence-corrected chi connectivity index (χ1v) is 8.91. The molecule has 1 saturated heterocycles. The molecule has 0 aliphatic carbocycles. The Hall–Kier alpha value is -2.37. The lowest BCUT2D eigenvalue weighted by Crippen LogP contribution is -2.56. The van der Waals surface area contributed by atoms with Crippen molar-refractivity contribution in [2.45, 2.75) is 31.5 Å². The maximum absolute atomic E-state index is 12.9. The Bertz CT molecular complexity index is 791. The van der Waals surface area contributed by atoms with Crippen molar-refractivity contribution in [1.29, 1.82) is 0 Å². The summed E-state index contributed by atoms with van der Waals surface area (Å²) in [7, 11) is 1.62. The highest BCUT2D eigenvalue weighted by Crippen LogP contribution is 2.28. The van der Waals surface area contributed by atoms with Crippen LogP contribution in [-0.2, 0) is 0 Å². The van der Waals surface area contributed by atoms with Crippen molar-refractivity contribution < 1.29 is 19.7 Å². The molecular weight excluding hydrogens is 330 g/mol. The van der Waals surface area contributed by atoms with E-state index in [9.17, 15) is 15.0 Å². The molecule has 0 unspecified atom stereocenters. The third-order valence-electron chi connectivity index (χ3n) is 5.24. The number of aliphatic hydroxyl groups excluding tert-OH is 1. The van der Waals surface area contributed by atoms with Gasteiger partial charge in [0.1, 0.15) is 11.9 Å². The molecule has 3 rings (SSSR count). The second-order valence-electron chi connectivity index (χ2n) is 6.79. The number of piperidine rings is 1. The summed E-state index contributed by atoms with van der Waals surface area (Å²) >= 11 is 0. The van der Waals surface area contributed by atoms with Gasteiger partial charge >= 0.3 is 0 Å². The van der Waals surface area contributed by atoms with Crippen molar-refractivity contribution in [3.8, 4) is 16.9 Å². The molecular formula is C21H25NO4. The van der Waals surface area contributed by atoms with Crippen LogP contribution in [0.3, 0.4) is 0 Å². The van der Waals surface area contributed by atoms with Gasteiger partial charge in [0.25, 0.3) is 5.91 Å². The van der Waals surface area contributed by atoms with E-state index in [1.54, 1.807) is 18.1 Å². The number of methoxy groups -OCH3 is 1. The van der Waals surface area contributed by atoms with Crippen LogP contribution in [0.1, 0.15) is 30.1 Å². The normalized spacial score (nSPS) is 22.9. The minimum Gasteiger partial charge on any atom is -0.497 e. The Morgan fingerprint density at radius 2 is 1.92 bits per heavy atom. The third-order valence-corrected chi connectivity index (χ3v) is 5.24.